The number of carbonyl (C=O) groups excluding carboxylic acids is 1. The van der Waals surface area contributed by atoms with Crippen molar-refractivity contribution in [2.24, 2.45) is 5.92 Å². The SMILES string of the molecule is CCC1Cc2cc(C)cc(-c3ccc(C(C)(C)C)cc3)c2C1=O. The number of hydrogen-bond donors (Lipinski definition) is 0. The molecule has 0 amide bonds. The summed E-state index contributed by atoms with van der Waals surface area (Å²) in [5.74, 6) is 0.497. The molecular weight excluding hydrogens is 280 g/mol. The molecule has 2 aromatic carbocycles. The fourth-order valence-electron chi connectivity index (χ4n) is 3.58. The van der Waals surface area contributed by atoms with Gasteiger partial charge in [0.2, 0.25) is 0 Å². The molecule has 0 bridgehead atoms. The maximum absolute atomic E-state index is 12.8. The number of aryl methyl sites for hydroxylation is 1. The van der Waals surface area contributed by atoms with Crippen molar-refractivity contribution in [3.8, 4) is 11.1 Å². The van der Waals surface area contributed by atoms with Crippen LogP contribution in [0, 0.1) is 12.8 Å². The molecular formula is C22H26O. The first kappa shape index (κ1) is 16.0. The van der Waals surface area contributed by atoms with E-state index in [0.717, 1.165) is 29.5 Å². The van der Waals surface area contributed by atoms with Gasteiger partial charge in [0.1, 0.15) is 0 Å². The van der Waals surface area contributed by atoms with Crippen molar-refractivity contribution >= 4 is 5.78 Å². The molecule has 0 N–H and O–H groups in total. The van der Waals surface area contributed by atoms with E-state index in [4.69, 9.17) is 0 Å². The van der Waals surface area contributed by atoms with E-state index in [1.165, 1.54) is 16.7 Å². The Balaban J connectivity index is 2.10. The summed E-state index contributed by atoms with van der Waals surface area (Å²) in [6.45, 7) is 10.9. The third-order valence-electron chi connectivity index (χ3n) is 5.00. The second kappa shape index (κ2) is 5.63. The predicted molar refractivity (Wildman–Crippen MR) is 97.1 cm³/mol. The first-order valence-corrected chi connectivity index (χ1v) is 8.60. The summed E-state index contributed by atoms with van der Waals surface area (Å²) in [7, 11) is 0. The van der Waals surface area contributed by atoms with Crippen molar-refractivity contribution in [3.63, 3.8) is 0 Å². The summed E-state index contributed by atoms with van der Waals surface area (Å²) in [4.78, 5) is 12.8. The summed E-state index contributed by atoms with van der Waals surface area (Å²) < 4.78 is 0. The molecule has 1 nitrogen and oxygen atoms in total. The fourth-order valence-corrected chi connectivity index (χ4v) is 3.58. The first-order chi connectivity index (χ1) is 10.8. The van der Waals surface area contributed by atoms with Gasteiger partial charge in [-0.1, -0.05) is 69.7 Å². The van der Waals surface area contributed by atoms with Crippen LogP contribution in [0.15, 0.2) is 36.4 Å². The van der Waals surface area contributed by atoms with Crippen molar-refractivity contribution in [1.82, 2.24) is 0 Å². The third kappa shape index (κ3) is 2.85. The highest BCUT2D eigenvalue weighted by Crippen LogP contribution is 2.37. The summed E-state index contributed by atoms with van der Waals surface area (Å²) in [5.41, 5.74) is 7.18. The summed E-state index contributed by atoms with van der Waals surface area (Å²) >= 11 is 0. The van der Waals surface area contributed by atoms with E-state index in [9.17, 15) is 4.79 Å². The van der Waals surface area contributed by atoms with Crippen LogP contribution in [0.2, 0.25) is 0 Å². The van der Waals surface area contributed by atoms with E-state index >= 15 is 0 Å². The monoisotopic (exact) mass is 306 g/mol. The van der Waals surface area contributed by atoms with Gasteiger partial charge < -0.3 is 0 Å². The average molecular weight is 306 g/mol. The van der Waals surface area contributed by atoms with Crippen LogP contribution in [0.1, 0.15) is 61.2 Å². The molecule has 23 heavy (non-hydrogen) atoms. The van der Waals surface area contributed by atoms with Gasteiger partial charge >= 0.3 is 0 Å². The zero-order valence-electron chi connectivity index (χ0n) is 14.9. The number of carbonyl (C=O) groups is 1. The minimum Gasteiger partial charge on any atom is -0.294 e. The van der Waals surface area contributed by atoms with E-state index in [-0.39, 0.29) is 11.3 Å². The Morgan fingerprint density at radius 1 is 1.09 bits per heavy atom. The fraction of sp³-hybridized carbons (Fsp3) is 0.409. The minimum absolute atomic E-state index is 0.149. The Labute approximate surface area is 139 Å². The molecule has 0 saturated heterocycles. The molecule has 2 aromatic rings. The summed E-state index contributed by atoms with van der Waals surface area (Å²) in [6.07, 6.45) is 1.83. The quantitative estimate of drug-likeness (QED) is 0.693. The van der Waals surface area contributed by atoms with E-state index in [1.807, 2.05) is 0 Å². The molecule has 1 heteroatoms. The lowest BCUT2D eigenvalue weighted by atomic mass is 9.85. The molecule has 1 unspecified atom stereocenters. The number of ketones is 1. The predicted octanol–water partition coefficient (Wildman–Crippen LogP) is 5.72. The molecule has 0 spiro atoms. The highest BCUT2D eigenvalue weighted by atomic mass is 16.1. The van der Waals surface area contributed by atoms with Crippen LogP contribution in [0.25, 0.3) is 11.1 Å². The molecule has 1 atom stereocenters. The van der Waals surface area contributed by atoms with Gasteiger partial charge in [-0.2, -0.15) is 0 Å². The number of rotatable bonds is 2. The van der Waals surface area contributed by atoms with Crippen LogP contribution < -0.4 is 0 Å². The highest BCUT2D eigenvalue weighted by molar-refractivity contribution is 6.07. The maximum atomic E-state index is 12.8. The van der Waals surface area contributed by atoms with Crippen LogP contribution in [-0.2, 0) is 11.8 Å². The van der Waals surface area contributed by atoms with E-state index in [0.29, 0.717) is 5.78 Å². The molecule has 3 rings (SSSR count). The van der Waals surface area contributed by atoms with Crippen LogP contribution in [0.4, 0.5) is 0 Å². The number of fused-ring (bicyclic) bond motifs is 1. The largest absolute Gasteiger partial charge is 0.294 e. The van der Waals surface area contributed by atoms with E-state index in [2.05, 4.69) is 71.0 Å². The van der Waals surface area contributed by atoms with Gasteiger partial charge in [-0.15, -0.1) is 0 Å². The van der Waals surface area contributed by atoms with E-state index in [1.54, 1.807) is 0 Å². The highest BCUT2D eigenvalue weighted by Gasteiger charge is 2.31. The van der Waals surface area contributed by atoms with Crippen LogP contribution in [0.3, 0.4) is 0 Å². The van der Waals surface area contributed by atoms with Crippen LogP contribution in [0.5, 0.6) is 0 Å². The lowest BCUT2D eigenvalue weighted by Crippen LogP contribution is -2.10. The Morgan fingerprint density at radius 3 is 2.30 bits per heavy atom. The van der Waals surface area contributed by atoms with Gasteiger partial charge in [-0.25, -0.2) is 0 Å². The average Bonchev–Trinajstić information content (AvgIpc) is 2.82. The number of hydrogen-bond acceptors (Lipinski definition) is 1. The Morgan fingerprint density at radius 2 is 1.74 bits per heavy atom. The Bertz CT molecular complexity index is 745. The van der Waals surface area contributed by atoms with Gasteiger partial charge in [-0.05, 0) is 47.4 Å². The Kier molecular flexibility index (Phi) is 3.91. The normalized spacial score (nSPS) is 17.4. The zero-order valence-corrected chi connectivity index (χ0v) is 14.9. The maximum Gasteiger partial charge on any atom is 0.167 e. The van der Waals surface area contributed by atoms with Gasteiger partial charge in [-0.3, -0.25) is 4.79 Å². The molecule has 1 aliphatic carbocycles. The molecule has 0 aromatic heterocycles. The second-order valence-corrected chi connectivity index (χ2v) is 7.85. The standard InChI is InChI=1S/C22H26O/c1-6-15-13-17-11-14(2)12-19(20(17)21(15)23)16-7-9-18(10-8-16)22(3,4)5/h7-12,15H,6,13H2,1-5H3. The Hall–Kier alpha value is -1.89. The topological polar surface area (TPSA) is 17.1 Å². The van der Waals surface area contributed by atoms with Gasteiger partial charge in [0.15, 0.2) is 5.78 Å². The van der Waals surface area contributed by atoms with Gasteiger partial charge in [0.25, 0.3) is 0 Å². The zero-order chi connectivity index (χ0) is 16.8. The summed E-state index contributed by atoms with van der Waals surface area (Å²) in [5, 5.41) is 0. The van der Waals surface area contributed by atoms with Crippen LogP contribution >= 0.6 is 0 Å². The van der Waals surface area contributed by atoms with E-state index < -0.39 is 0 Å². The van der Waals surface area contributed by atoms with Crippen LogP contribution in [-0.4, -0.2) is 5.78 Å². The van der Waals surface area contributed by atoms with Crippen molar-refractivity contribution < 1.29 is 4.79 Å². The van der Waals surface area contributed by atoms with Crippen molar-refractivity contribution in [1.29, 1.82) is 0 Å². The number of benzene rings is 2. The number of Topliss-reactive ketones (excluding diaryl/α,β-unsaturated/α-hetero) is 1. The van der Waals surface area contributed by atoms with Crippen molar-refractivity contribution in [2.45, 2.75) is 52.9 Å². The smallest absolute Gasteiger partial charge is 0.167 e. The molecule has 0 heterocycles. The summed E-state index contributed by atoms with van der Waals surface area (Å²) in [6, 6.07) is 13.1. The molecule has 0 saturated carbocycles. The lowest BCUT2D eigenvalue weighted by Gasteiger charge is -2.19. The van der Waals surface area contributed by atoms with Crippen molar-refractivity contribution in [2.75, 3.05) is 0 Å². The minimum atomic E-state index is 0.149. The lowest BCUT2D eigenvalue weighted by molar-refractivity contribution is 0.0934. The van der Waals surface area contributed by atoms with Gasteiger partial charge in [0.05, 0.1) is 0 Å². The molecule has 0 aliphatic heterocycles. The molecule has 120 valence electrons. The van der Waals surface area contributed by atoms with Crippen molar-refractivity contribution in [3.05, 3.63) is 58.7 Å². The van der Waals surface area contributed by atoms with Gasteiger partial charge in [0, 0.05) is 11.5 Å². The molecule has 0 radical (unpaired) electrons. The first-order valence-electron chi connectivity index (χ1n) is 8.60. The second-order valence-electron chi connectivity index (χ2n) is 7.85. The molecule has 1 aliphatic rings. The third-order valence-corrected chi connectivity index (χ3v) is 5.00. The molecule has 0 fully saturated rings.